The van der Waals surface area contributed by atoms with Crippen LogP contribution in [-0.4, -0.2) is 16.1 Å². The van der Waals surface area contributed by atoms with Crippen LogP contribution < -0.4 is 5.32 Å². The summed E-state index contributed by atoms with van der Waals surface area (Å²) in [7, 11) is 0. The number of aromatic amines is 1. The second kappa shape index (κ2) is 6.53. The van der Waals surface area contributed by atoms with Crippen molar-refractivity contribution in [3.63, 3.8) is 0 Å². The third-order valence-corrected chi connectivity index (χ3v) is 5.27. The van der Waals surface area contributed by atoms with Crippen molar-refractivity contribution in [2.24, 2.45) is 0 Å². The minimum Gasteiger partial charge on any atom is -0.347 e. The van der Waals surface area contributed by atoms with Gasteiger partial charge in [0.1, 0.15) is 10.5 Å². The van der Waals surface area contributed by atoms with E-state index in [0.29, 0.717) is 11.4 Å². The highest BCUT2D eigenvalue weighted by atomic mass is 32.1. The van der Waals surface area contributed by atoms with Crippen LogP contribution >= 0.6 is 11.3 Å². The second-order valence-corrected chi connectivity index (χ2v) is 6.95. The van der Waals surface area contributed by atoms with Crippen molar-refractivity contribution >= 4 is 27.5 Å². The molecule has 0 atom stereocenters. The van der Waals surface area contributed by atoms with Crippen LogP contribution in [0.5, 0.6) is 0 Å². The number of nitrogens with one attached hydrogen (secondary N) is 2. The zero-order valence-electron chi connectivity index (χ0n) is 13.7. The maximum absolute atomic E-state index is 12.5. The number of hydrogen-bond donors (Lipinski definition) is 2. The average Bonchev–Trinajstić information content (AvgIpc) is 3.22. The predicted octanol–water partition coefficient (Wildman–Crippen LogP) is 4.53. The Kier molecular flexibility index (Phi) is 4.07. The topological polar surface area (TPSA) is 57.8 Å². The van der Waals surface area contributed by atoms with E-state index in [1.54, 1.807) is 0 Å². The zero-order chi connectivity index (χ0) is 17.2. The molecule has 0 bridgehead atoms. The van der Waals surface area contributed by atoms with E-state index in [4.69, 9.17) is 0 Å². The summed E-state index contributed by atoms with van der Waals surface area (Å²) in [4.78, 5) is 14.1. The first-order chi connectivity index (χ1) is 12.2. The fourth-order valence-corrected chi connectivity index (χ4v) is 3.73. The lowest BCUT2D eigenvalue weighted by Gasteiger charge is -2.06. The van der Waals surface area contributed by atoms with Crippen LogP contribution in [0.2, 0.25) is 0 Å². The normalized spacial score (nSPS) is 10.9. The first kappa shape index (κ1) is 15.6. The third-order valence-electron chi connectivity index (χ3n) is 4.23. The van der Waals surface area contributed by atoms with Crippen LogP contribution in [0.4, 0.5) is 0 Å². The lowest BCUT2D eigenvalue weighted by Crippen LogP contribution is -2.22. The monoisotopic (exact) mass is 347 g/mol. The first-order valence-electron chi connectivity index (χ1n) is 8.08. The molecule has 0 unspecified atom stereocenters. The molecule has 4 aromatic rings. The Hall–Kier alpha value is -2.92. The van der Waals surface area contributed by atoms with E-state index in [2.05, 4.69) is 15.5 Å². The van der Waals surface area contributed by atoms with Crippen LogP contribution in [0.25, 0.3) is 21.5 Å². The minimum absolute atomic E-state index is 0.0585. The molecule has 4 nitrogen and oxygen atoms in total. The summed E-state index contributed by atoms with van der Waals surface area (Å²) >= 11 is 1.43. The molecule has 4 rings (SSSR count). The standard InChI is InChI=1S/C20H17N3OS/c1-13-7-5-6-10-15(13)12-21-19(24)17-11-16-18(22-23-20(16)25-17)14-8-3-2-4-9-14/h2-11H,12H2,1H3,(H,21,24)(H,22,23). The largest absolute Gasteiger partial charge is 0.347 e. The van der Waals surface area contributed by atoms with E-state index < -0.39 is 0 Å². The molecule has 25 heavy (non-hydrogen) atoms. The van der Waals surface area contributed by atoms with Gasteiger partial charge in [-0.25, -0.2) is 0 Å². The number of carbonyl (C=O) groups is 1. The Morgan fingerprint density at radius 2 is 1.88 bits per heavy atom. The molecule has 2 N–H and O–H groups in total. The number of H-pyrrole nitrogens is 1. The van der Waals surface area contributed by atoms with E-state index >= 15 is 0 Å². The van der Waals surface area contributed by atoms with Gasteiger partial charge >= 0.3 is 0 Å². The number of carbonyl (C=O) groups excluding carboxylic acids is 1. The molecule has 0 aliphatic rings. The molecule has 0 spiro atoms. The highest BCUT2D eigenvalue weighted by molar-refractivity contribution is 7.20. The number of nitrogens with zero attached hydrogens (tertiary/aromatic N) is 1. The summed E-state index contributed by atoms with van der Waals surface area (Å²) in [5, 5.41) is 11.4. The number of aryl methyl sites for hydroxylation is 1. The van der Waals surface area contributed by atoms with Gasteiger partial charge in [-0.05, 0) is 24.1 Å². The number of hydrogen-bond acceptors (Lipinski definition) is 3. The van der Waals surface area contributed by atoms with E-state index in [9.17, 15) is 4.79 Å². The van der Waals surface area contributed by atoms with Crippen molar-refractivity contribution < 1.29 is 4.79 Å². The molecule has 0 saturated heterocycles. The number of benzene rings is 2. The van der Waals surface area contributed by atoms with Crippen molar-refractivity contribution in [3.8, 4) is 11.3 Å². The molecule has 2 aromatic heterocycles. The molecule has 0 saturated carbocycles. The van der Waals surface area contributed by atoms with Gasteiger partial charge in [0.15, 0.2) is 0 Å². The lowest BCUT2D eigenvalue weighted by molar-refractivity contribution is 0.0955. The summed E-state index contributed by atoms with van der Waals surface area (Å²) < 4.78 is 0. The van der Waals surface area contributed by atoms with Gasteiger partial charge in [-0.1, -0.05) is 54.6 Å². The van der Waals surface area contributed by atoms with Crippen molar-refractivity contribution in [1.82, 2.24) is 15.5 Å². The number of amides is 1. The number of rotatable bonds is 4. The highest BCUT2D eigenvalue weighted by Gasteiger charge is 2.15. The van der Waals surface area contributed by atoms with E-state index in [0.717, 1.165) is 27.0 Å². The summed E-state index contributed by atoms with van der Waals surface area (Å²) in [5.74, 6) is -0.0585. The van der Waals surface area contributed by atoms with Crippen LogP contribution in [0.15, 0.2) is 60.7 Å². The summed E-state index contributed by atoms with van der Waals surface area (Å²) in [6.07, 6.45) is 0. The summed E-state index contributed by atoms with van der Waals surface area (Å²) in [5.41, 5.74) is 4.23. The van der Waals surface area contributed by atoms with E-state index in [1.165, 1.54) is 16.9 Å². The molecule has 124 valence electrons. The van der Waals surface area contributed by atoms with Gasteiger partial charge in [0, 0.05) is 17.5 Å². The van der Waals surface area contributed by atoms with Crippen LogP contribution in [0.1, 0.15) is 20.8 Å². The third kappa shape index (κ3) is 3.06. The Morgan fingerprint density at radius 1 is 1.12 bits per heavy atom. The smallest absolute Gasteiger partial charge is 0.261 e. The molecule has 0 fully saturated rings. The Bertz CT molecular complexity index is 1030. The lowest BCUT2D eigenvalue weighted by atomic mass is 10.1. The molecule has 2 heterocycles. The predicted molar refractivity (Wildman–Crippen MR) is 102 cm³/mol. The first-order valence-corrected chi connectivity index (χ1v) is 8.90. The maximum atomic E-state index is 12.5. The van der Waals surface area contributed by atoms with Crippen molar-refractivity contribution in [2.75, 3.05) is 0 Å². The Labute approximate surface area is 149 Å². The fourth-order valence-electron chi connectivity index (χ4n) is 2.82. The number of aromatic nitrogens is 2. The molecule has 2 aromatic carbocycles. The van der Waals surface area contributed by atoms with E-state index in [-0.39, 0.29) is 5.91 Å². The molecular formula is C20H17N3OS. The van der Waals surface area contributed by atoms with Gasteiger partial charge in [-0.15, -0.1) is 11.3 Å². The number of thiophene rings is 1. The van der Waals surface area contributed by atoms with Crippen LogP contribution in [-0.2, 0) is 6.54 Å². The van der Waals surface area contributed by atoms with Gasteiger partial charge in [0.25, 0.3) is 5.91 Å². The van der Waals surface area contributed by atoms with Gasteiger partial charge in [0.05, 0.1) is 4.88 Å². The molecule has 5 heteroatoms. The molecule has 0 aliphatic carbocycles. The highest BCUT2D eigenvalue weighted by Crippen LogP contribution is 2.32. The van der Waals surface area contributed by atoms with Crippen molar-refractivity contribution in [2.45, 2.75) is 13.5 Å². The Morgan fingerprint density at radius 3 is 2.68 bits per heavy atom. The quantitative estimate of drug-likeness (QED) is 0.570. The van der Waals surface area contributed by atoms with Gasteiger partial charge < -0.3 is 5.32 Å². The Balaban J connectivity index is 1.57. The summed E-state index contributed by atoms with van der Waals surface area (Å²) in [6.45, 7) is 2.58. The SMILES string of the molecule is Cc1ccccc1CNC(=O)c1cc2c(-c3ccccc3)n[nH]c2s1. The summed E-state index contributed by atoms with van der Waals surface area (Å²) in [6, 6.07) is 20.0. The molecule has 0 aliphatic heterocycles. The van der Waals surface area contributed by atoms with Crippen LogP contribution in [0.3, 0.4) is 0 Å². The van der Waals surface area contributed by atoms with E-state index in [1.807, 2.05) is 67.6 Å². The minimum atomic E-state index is -0.0585. The van der Waals surface area contributed by atoms with Crippen molar-refractivity contribution in [1.29, 1.82) is 0 Å². The van der Waals surface area contributed by atoms with Crippen LogP contribution in [0, 0.1) is 6.92 Å². The molecule has 1 amide bonds. The van der Waals surface area contributed by atoms with Gasteiger partial charge in [-0.2, -0.15) is 5.10 Å². The second-order valence-electron chi connectivity index (χ2n) is 5.90. The number of fused-ring (bicyclic) bond motifs is 1. The van der Waals surface area contributed by atoms with Gasteiger partial charge in [-0.3, -0.25) is 9.89 Å². The molecular weight excluding hydrogens is 330 g/mol. The maximum Gasteiger partial charge on any atom is 0.261 e. The van der Waals surface area contributed by atoms with Crippen molar-refractivity contribution in [3.05, 3.63) is 76.7 Å². The zero-order valence-corrected chi connectivity index (χ0v) is 14.6. The van der Waals surface area contributed by atoms with Gasteiger partial charge in [0.2, 0.25) is 0 Å². The molecule has 0 radical (unpaired) electrons. The average molecular weight is 347 g/mol. The fraction of sp³-hybridized carbons (Fsp3) is 0.100.